The Kier molecular flexibility index (Phi) is 9.98. The van der Waals surface area contributed by atoms with Crippen molar-refractivity contribution in [2.75, 3.05) is 38.6 Å². The van der Waals surface area contributed by atoms with Gasteiger partial charge < -0.3 is 20.4 Å². The first kappa shape index (κ1) is 24.5. The van der Waals surface area contributed by atoms with Crippen LogP contribution in [-0.4, -0.2) is 62.6 Å². The van der Waals surface area contributed by atoms with Gasteiger partial charge in [-0.1, -0.05) is 0 Å². The highest BCUT2D eigenvalue weighted by atomic mass is 127. The fourth-order valence-corrected chi connectivity index (χ4v) is 3.18. The van der Waals surface area contributed by atoms with Crippen molar-refractivity contribution in [3.63, 3.8) is 0 Å². The molecule has 0 radical (unpaired) electrons. The van der Waals surface area contributed by atoms with Crippen molar-refractivity contribution in [1.29, 1.82) is 0 Å². The molecule has 1 aliphatic heterocycles. The van der Waals surface area contributed by atoms with Gasteiger partial charge in [0.1, 0.15) is 12.4 Å². The number of aliphatic imine (C=N–C) groups is 1. The van der Waals surface area contributed by atoms with E-state index in [-0.39, 0.29) is 54.3 Å². The molecule has 1 aromatic rings. The number of benzene rings is 1. The van der Waals surface area contributed by atoms with Crippen LogP contribution in [0.5, 0.6) is 0 Å². The lowest BCUT2D eigenvalue weighted by Gasteiger charge is -2.36. The van der Waals surface area contributed by atoms with Gasteiger partial charge in [0, 0.05) is 45.0 Å². The lowest BCUT2D eigenvalue weighted by Crippen LogP contribution is -2.52. The van der Waals surface area contributed by atoms with E-state index < -0.39 is 0 Å². The quantitative estimate of drug-likeness (QED) is 0.367. The number of aryl methyl sites for hydroxylation is 1. The third kappa shape index (κ3) is 7.44. The van der Waals surface area contributed by atoms with Crippen LogP contribution in [-0.2, 0) is 4.79 Å². The molecular formula is C20H33FIN5O. The minimum absolute atomic E-state index is 0. The number of piperidine rings is 1. The van der Waals surface area contributed by atoms with Crippen LogP contribution in [0.2, 0.25) is 0 Å². The smallest absolute Gasteiger partial charge is 0.243 e. The van der Waals surface area contributed by atoms with Gasteiger partial charge in [0.15, 0.2) is 5.96 Å². The van der Waals surface area contributed by atoms with Gasteiger partial charge in [-0.25, -0.2) is 9.38 Å². The first-order chi connectivity index (χ1) is 12.8. The molecule has 2 rings (SSSR count). The van der Waals surface area contributed by atoms with Crippen molar-refractivity contribution in [1.82, 2.24) is 15.5 Å². The van der Waals surface area contributed by atoms with Crippen LogP contribution in [0.3, 0.4) is 0 Å². The van der Waals surface area contributed by atoms with Crippen LogP contribution in [0, 0.1) is 12.7 Å². The number of hydrogen-bond acceptors (Lipinski definition) is 3. The van der Waals surface area contributed by atoms with Gasteiger partial charge >= 0.3 is 0 Å². The van der Waals surface area contributed by atoms with Crippen molar-refractivity contribution in [2.45, 2.75) is 45.7 Å². The number of nitrogens with one attached hydrogen (secondary N) is 2. The monoisotopic (exact) mass is 505 g/mol. The van der Waals surface area contributed by atoms with E-state index in [1.54, 1.807) is 20.2 Å². The van der Waals surface area contributed by atoms with Gasteiger partial charge in [0.05, 0.1) is 0 Å². The molecule has 2 N–H and O–H groups in total. The molecule has 1 unspecified atom stereocenters. The molecule has 1 aromatic carbocycles. The number of carbonyl (C=O) groups is 1. The van der Waals surface area contributed by atoms with Gasteiger partial charge in [-0.2, -0.15) is 0 Å². The Morgan fingerprint density at radius 3 is 2.71 bits per heavy atom. The molecule has 158 valence electrons. The second kappa shape index (κ2) is 11.4. The summed E-state index contributed by atoms with van der Waals surface area (Å²) >= 11 is 0. The minimum atomic E-state index is -0.205. The summed E-state index contributed by atoms with van der Waals surface area (Å²) in [5.41, 5.74) is 2.02. The topological polar surface area (TPSA) is 60.0 Å². The van der Waals surface area contributed by atoms with Crippen LogP contribution >= 0.6 is 24.0 Å². The summed E-state index contributed by atoms with van der Waals surface area (Å²) in [6.07, 6.45) is 2.07. The Bertz CT molecular complexity index is 681. The van der Waals surface area contributed by atoms with Crippen molar-refractivity contribution < 1.29 is 9.18 Å². The van der Waals surface area contributed by atoms with E-state index in [1.807, 2.05) is 26.8 Å². The number of hydrogen-bond donors (Lipinski definition) is 2. The summed E-state index contributed by atoms with van der Waals surface area (Å²) in [7, 11) is 3.45. The Balaban J connectivity index is 0.00000392. The molecule has 1 saturated heterocycles. The maximum atomic E-state index is 13.4. The Morgan fingerprint density at radius 1 is 1.39 bits per heavy atom. The number of anilines is 1. The number of halogens is 2. The second-order valence-electron chi connectivity index (χ2n) is 7.61. The first-order valence-corrected chi connectivity index (χ1v) is 9.55. The van der Waals surface area contributed by atoms with E-state index in [9.17, 15) is 9.18 Å². The predicted molar refractivity (Wildman–Crippen MR) is 124 cm³/mol. The largest absolute Gasteiger partial charge is 0.369 e. The lowest BCUT2D eigenvalue weighted by molar-refractivity contribution is -0.127. The van der Waals surface area contributed by atoms with Crippen LogP contribution in [0.25, 0.3) is 0 Å². The zero-order valence-corrected chi connectivity index (χ0v) is 19.8. The average molecular weight is 505 g/mol. The number of likely N-dealkylation sites (N-methyl/N-ethyl adjacent to an activating group) is 1. The highest BCUT2D eigenvalue weighted by Crippen LogP contribution is 2.24. The zero-order valence-electron chi connectivity index (χ0n) is 17.5. The predicted octanol–water partition coefficient (Wildman–Crippen LogP) is 2.75. The molecule has 0 spiro atoms. The molecular weight excluding hydrogens is 472 g/mol. The normalized spacial score (nSPS) is 17.2. The van der Waals surface area contributed by atoms with Crippen LogP contribution in [0.1, 0.15) is 32.3 Å². The van der Waals surface area contributed by atoms with Crippen LogP contribution in [0.4, 0.5) is 10.1 Å². The van der Waals surface area contributed by atoms with Crippen molar-refractivity contribution in [3.05, 3.63) is 29.6 Å². The van der Waals surface area contributed by atoms with E-state index in [0.717, 1.165) is 37.2 Å². The molecule has 1 atom stereocenters. The van der Waals surface area contributed by atoms with Crippen LogP contribution in [0.15, 0.2) is 23.2 Å². The van der Waals surface area contributed by atoms with E-state index in [4.69, 9.17) is 0 Å². The molecule has 8 heteroatoms. The standard InChI is InChI=1S/C20H32FN5O.HI/c1-14(2)23-20(22-12-19(27)25(4)5)24-17-7-6-10-26(13-17)18-9-8-16(21)11-15(18)3;/h8-9,11,14,17H,6-7,10,12-13H2,1-5H3,(H2,22,23,24);1H. The van der Waals surface area contributed by atoms with Crippen molar-refractivity contribution in [3.8, 4) is 0 Å². The molecule has 0 aromatic heterocycles. The zero-order chi connectivity index (χ0) is 20.0. The summed E-state index contributed by atoms with van der Waals surface area (Å²) in [6, 6.07) is 5.36. The SMILES string of the molecule is Cc1cc(F)ccc1N1CCCC(NC(=NCC(=O)N(C)C)NC(C)C)C1.I. The summed E-state index contributed by atoms with van der Waals surface area (Å²) in [5.74, 6) is 0.416. The van der Waals surface area contributed by atoms with Gasteiger partial charge in [-0.05, 0) is 57.4 Å². The number of guanidine groups is 1. The first-order valence-electron chi connectivity index (χ1n) is 9.55. The second-order valence-corrected chi connectivity index (χ2v) is 7.61. The molecule has 6 nitrogen and oxygen atoms in total. The Hall–Kier alpha value is -1.58. The minimum Gasteiger partial charge on any atom is -0.369 e. The molecule has 1 amide bonds. The van der Waals surface area contributed by atoms with Crippen LogP contribution < -0.4 is 15.5 Å². The Morgan fingerprint density at radius 2 is 2.11 bits per heavy atom. The molecule has 0 bridgehead atoms. The number of amides is 1. The molecule has 1 aliphatic rings. The highest BCUT2D eigenvalue weighted by molar-refractivity contribution is 14.0. The van der Waals surface area contributed by atoms with E-state index >= 15 is 0 Å². The van der Waals surface area contributed by atoms with E-state index in [0.29, 0.717) is 5.96 Å². The third-order valence-electron chi connectivity index (χ3n) is 4.56. The molecule has 0 aliphatic carbocycles. The molecule has 1 fully saturated rings. The van der Waals surface area contributed by atoms with Gasteiger partial charge in [0.2, 0.25) is 5.91 Å². The molecule has 0 saturated carbocycles. The summed E-state index contributed by atoms with van der Waals surface area (Å²) in [5, 5.41) is 6.76. The summed E-state index contributed by atoms with van der Waals surface area (Å²) in [4.78, 5) is 20.1. The fourth-order valence-electron chi connectivity index (χ4n) is 3.18. The number of carbonyl (C=O) groups excluding carboxylic acids is 1. The van der Waals surface area contributed by atoms with Crippen molar-refractivity contribution in [2.24, 2.45) is 4.99 Å². The van der Waals surface area contributed by atoms with Gasteiger partial charge in [0.25, 0.3) is 0 Å². The highest BCUT2D eigenvalue weighted by Gasteiger charge is 2.22. The Labute approximate surface area is 185 Å². The molecule has 1 heterocycles. The molecule has 28 heavy (non-hydrogen) atoms. The van der Waals surface area contributed by atoms with Gasteiger partial charge in [-0.3, -0.25) is 4.79 Å². The summed E-state index contributed by atoms with van der Waals surface area (Å²) in [6.45, 7) is 7.90. The van der Waals surface area contributed by atoms with Gasteiger partial charge in [-0.15, -0.1) is 24.0 Å². The summed E-state index contributed by atoms with van der Waals surface area (Å²) < 4.78 is 13.4. The maximum Gasteiger partial charge on any atom is 0.243 e. The van der Waals surface area contributed by atoms with Crippen molar-refractivity contribution >= 4 is 41.5 Å². The lowest BCUT2D eigenvalue weighted by atomic mass is 10.0. The number of nitrogens with zero attached hydrogens (tertiary/aromatic N) is 3. The van der Waals surface area contributed by atoms with E-state index in [2.05, 4.69) is 20.5 Å². The van der Waals surface area contributed by atoms with E-state index in [1.165, 1.54) is 11.0 Å². The fraction of sp³-hybridized carbons (Fsp3) is 0.600. The third-order valence-corrected chi connectivity index (χ3v) is 4.56. The number of rotatable bonds is 5. The maximum absolute atomic E-state index is 13.4. The average Bonchev–Trinajstić information content (AvgIpc) is 2.59.